The van der Waals surface area contributed by atoms with Gasteiger partial charge in [-0.3, -0.25) is 19.2 Å². The third-order valence-electron chi connectivity index (χ3n) is 8.61. The van der Waals surface area contributed by atoms with Crippen LogP contribution in [0.25, 0.3) is 0 Å². The van der Waals surface area contributed by atoms with Crippen LogP contribution in [0.3, 0.4) is 0 Å². The normalized spacial score (nSPS) is 23.0. The maximum atomic E-state index is 13.7. The maximum absolute atomic E-state index is 13.7. The summed E-state index contributed by atoms with van der Waals surface area (Å²) in [6, 6.07) is 5.62. The second kappa shape index (κ2) is 12.3. The predicted molar refractivity (Wildman–Crippen MR) is 155 cm³/mol. The average molecular weight is 582 g/mol. The van der Waals surface area contributed by atoms with E-state index in [4.69, 9.17) is 4.74 Å². The largest absolute Gasteiger partial charge is 0.444 e. The number of carbonyl (C=O) groups is 5. The molecule has 5 rings (SSSR count). The zero-order chi connectivity index (χ0) is 30.0. The summed E-state index contributed by atoms with van der Waals surface area (Å²) in [5.41, 5.74) is 0.150. The Labute approximate surface area is 247 Å². The van der Waals surface area contributed by atoms with Crippen LogP contribution in [0.1, 0.15) is 80.0 Å². The summed E-state index contributed by atoms with van der Waals surface area (Å²) in [5, 5.41) is 0. The number of rotatable bonds is 4. The van der Waals surface area contributed by atoms with E-state index in [0.29, 0.717) is 69.7 Å². The molecule has 0 unspecified atom stereocenters. The molecule has 4 fully saturated rings. The third-order valence-corrected chi connectivity index (χ3v) is 8.61. The van der Waals surface area contributed by atoms with Gasteiger partial charge in [0.2, 0.25) is 11.8 Å². The van der Waals surface area contributed by atoms with Gasteiger partial charge in [-0.05, 0) is 77.5 Å². The van der Waals surface area contributed by atoms with Gasteiger partial charge in [-0.2, -0.15) is 0 Å². The molecule has 0 saturated carbocycles. The molecule has 1 aromatic rings. The van der Waals surface area contributed by atoms with Crippen LogP contribution in [0.2, 0.25) is 0 Å². The first kappa shape index (κ1) is 29.8. The third kappa shape index (κ3) is 6.39. The number of benzene rings is 1. The minimum Gasteiger partial charge on any atom is -0.444 e. The Morgan fingerprint density at radius 3 is 1.57 bits per heavy atom. The molecule has 4 aliphatic rings. The summed E-state index contributed by atoms with van der Waals surface area (Å²) in [4.78, 5) is 74.7. The van der Waals surface area contributed by atoms with Crippen molar-refractivity contribution in [2.24, 2.45) is 0 Å². The van der Waals surface area contributed by atoms with Crippen LogP contribution >= 0.6 is 0 Å². The molecule has 0 aromatic heterocycles. The number of amides is 5. The van der Waals surface area contributed by atoms with E-state index in [1.807, 2.05) is 25.7 Å². The minimum absolute atomic E-state index is 0.0240. The number of hydrogen-bond acceptors (Lipinski definition) is 6. The number of piperazine rings is 1. The fourth-order valence-electron chi connectivity index (χ4n) is 6.44. The fraction of sp³-hybridized carbons (Fsp3) is 0.645. The predicted octanol–water partition coefficient (Wildman–Crippen LogP) is 2.60. The molecule has 4 saturated heterocycles. The van der Waals surface area contributed by atoms with Gasteiger partial charge in [-0.1, -0.05) is 6.07 Å². The summed E-state index contributed by atoms with van der Waals surface area (Å²) in [5.74, 6) is -0.608. The molecule has 0 radical (unpaired) electrons. The number of likely N-dealkylation sites (tertiary alicyclic amines) is 3. The van der Waals surface area contributed by atoms with Crippen molar-refractivity contribution >= 4 is 29.7 Å². The lowest BCUT2D eigenvalue weighted by Crippen LogP contribution is -2.55. The summed E-state index contributed by atoms with van der Waals surface area (Å²) in [7, 11) is 0. The van der Waals surface area contributed by atoms with Gasteiger partial charge in [0.15, 0.2) is 0 Å². The summed E-state index contributed by atoms with van der Waals surface area (Å²) in [6.07, 6.45) is 4.33. The summed E-state index contributed by atoms with van der Waals surface area (Å²) >= 11 is 0. The van der Waals surface area contributed by atoms with E-state index in [-0.39, 0.29) is 29.7 Å². The van der Waals surface area contributed by atoms with Crippen LogP contribution in [-0.2, 0) is 14.3 Å². The van der Waals surface area contributed by atoms with Crippen LogP contribution in [-0.4, -0.2) is 124 Å². The molecule has 1 aromatic carbocycles. The van der Waals surface area contributed by atoms with E-state index in [1.54, 1.807) is 43.9 Å². The Morgan fingerprint density at radius 2 is 1.10 bits per heavy atom. The molecular formula is C31H43N5O6. The quantitative estimate of drug-likeness (QED) is 0.541. The van der Waals surface area contributed by atoms with E-state index in [0.717, 1.165) is 32.4 Å². The van der Waals surface area contributed by atoms with Crippen molar-refractivity contribution in [3.8, 4) is 0 Å². The van der Waals surface area contributed by atoms with Crippen LogP contribution < -0.4 is 0 Å². The van der Waals surface area contributed by atoms with Crippen molar-refractivity contribution in [2.45, 2.75) is 77.0 Å². The first-order valence-corrected chi connectivity index (χ1v) is 15.3. The average Bonchev–Trinajstić information content (AvgIpc) is 3.77. The molecule has 0 N–H and O–H groups in total. The second-order valence-electron chi connectivity index (χ2n) is 12.7. The molecule has 5 amide bonds. The van der Waals surface area contributed by atoms with Crippen LogP contribution in [0.5, 0.6) is 0 Å². The first-order valence-electron chi connectivity index (χ1n) is 15.3. The highest BCUT2D eigenvalue weighted by atomic mass is 16.6. The van der Waals surface area contributed by atoms with Crippen molar-refractivity contribution < 1.29 is 28.7 Å². The maximum Gasteiger partial charge on any atom is 0.410 e. The van der Waals surface area contributed by atoms with Crippen LogP contribution in [0.15, 0.2) is 24.3 Å². The Morgan fingerprint density at radius 1 is 0.643 bits per heavy atom. The van der Waals surface area contributed by atoms with Gasteiger partial charge in [-0.25, -0.2) is 4.79 Å². The highest BCUT2D eigenvalue weighted by molar-refractivity contribution is 6.02. The lowest BCUT2D eigenvalue weighted by molar-refractivity contribution is -0.137. The van der Waals surface area contributed by atoms with Crippen LogP contribution in [0.4, 0.5) is 4.79 Å². The van der Waals surface area contributed by atoms with Crippen LogP contribution in [0, 0.1) is 0 Å². The van der Waals surface area contributed by atoms with Crippen molar-refractivity contribution in [1.82, 2.24) is 24.5 Å². The van der Waals surface area contributed by atoms with E-state index in [2.05, 4.69) is 0 Å². The van der Waals surface area contributed by atoms with Gasteiger partial charge in [0, 0.05) is 63.5 Å². The Kier molecular flexibility index (Phi) is 8.75. The molecule has 11 nitrogen and oxygen atoms in total. The summed E-state index contributed by atoms with van der Waals surface area (Å²) < 4.78 is 5.45. The first-order chi connectivity index (χ1) is 20.0. The smallest absolute Gasteiger partial charge is 0.410 e. The molecule has 42 heavy (non-hydrogen) atoms. The highest BCUT2D eigenvalue weighted by Gasteiger charge is 2.40. The van der Waals surface area contributed by atoms with Crippen molar-refractivity contribution in [3.05, 3.63) is 35.4 Å². The topological polar surface area (TPSA) is 111 Å². The zero-order valence-corrected chi connectivity index (χ0v) is 25.0. The van der Waals surface area contributed by atoms with Crippen molar-refractivity contribution in [1.29, 1.82) is 0 Å². The Bertz CT molecular complexity index is 1210. The van der Waals surface area contributed by atoms with E-state index in [9.17, 15) is 24.0 Å². The van der Waals surface area contributed by atoms with Gasteiger partial charge in [0.05, 0.1) is 0 Å². The molecule has 0 aliphatic carbocycles. The molecule has 4 heterocycles. The molecule has 0 spiro atoms. The monoisotopic (exact) mass is 581 g/mol. The summed E-state index contributed by atoms with van der Waals surface area (Å²) in [6.45, 7) is 9.46. The number of ether oxygens (including phenoxy) is 1. The molecule has 4 aliphatic heterocycles. The van der Waals surface area contributed by atoms with E-state index in [1.165, 1.54) is 0 Å². The van der Waals surface area contributed by atoms with Crippen molar-refractivity contribution in [3.63, 3.8) is 0 Å². The number of hydrogen-bond donors (Lipinski definition) is 0. The Hall–Kier alpha value is -3.63. The lowest BCUT2D eigenvalue weighted by Gasteiger charge is -2.37. The van der Waals surface area contributed by atoms with Crippen molar-refractivity contribution in [2.75, 3.05) is 52.4 Å². The minimum atomic E-state index is -0.585. The van der Waals surface area contributed by atoms with Gasteiger partial charge in [-0.15, -0.1) is 0 Å². The highest BCUT2D eigenvalue weighted by Crippen LogP contribution is 2.26. The van der Waals surface area contributed by atoms with Gasteiger partial charge < -0.3 is 29.2 Å². The fourth-order valence-corrected chi connectivity index (χ4v) is 6.44. The Balaban J connectivity index is 1.22. The number of carbonyl (C=O) groups excluding carboxylic acids is 5. The van der Waals surface area contributed by atoms with E-state index >= 15 is 0 Å². The van der Waals surface area contributed by atoms with E-state index < -0.39 is 17.7 Å². The SMILES string of the molecule is CC(C)(C)OC(=O)N1CCN(C(=O)[C@@H]2CCCN2C(=O)c2cccc(C(=O)N3CCC[C@H]3C(=O)N3CCCC3)c2)CC1. The molecule has 228 valence electrons. The number of nitrogens with zero attached hydrogens (tertiary/aromatic N) is 5. The zero-order valence-electron chi connectivity index (χ0n) is 25.0. The standard InChI is InChI=1S/C31H43N5O6/c1-31(2,3)42-30(41)34-19-17-33(18-20-34)29(40)25-12-8-16-36(25)27(38)23-10-6-9-22(21-23)26(37)35-15-7-11-24(35)28(39)32-13-4-5-14-32/h6,9-10,21,24-25H,4-5,7-8,11-20H2,1-3H3/t24-,25-/m0/s1. The van der Waals surface area contributed by atoms with Gasteiger partial charge >= 0.3 is 6.09 Å². The molecule has 2 atom stereocenters. The van der Waals surface area contributed by atoms with Gasteiger partial charge in [0.1, 0.15) is 17.7 Å². The molecule has 0 bridgehead atoms. The van der Waals surface area contributed by atoms with Gasteiger partial charge in [0.25, 0.3) is 11.8 Å². The second-order valence-corrected chi connectivity index (χ2v) is 12.7. The lowest BCUT2D eigenvalue weighted by atomic mass is 10.1. The molecule has 11 heteroatoms. The molecular weight excluding hydrogens is 538 g/mol.